The molecule has 1 aromatic rings. The lowest BCUT2D eigenvalue weighted by Crippen LogP contribution is -2.55. The molecule has 1 atom stereocenters. The van der Waals surface area contributed by atoms with Crippen molar-refractivity contribution in [2.45, 2.75) is 51.1 Å². The molecule has 2 amide bonds. The van der Waals surface area contributed by atoms with Crippen LogP contribution in [0.15, 0.2) is 30.3 Å². The van der Waals surface area contributed by atoms with E-state index in [1.165, 1.54) is 13.8 Å². The van der Waals surface area contributed by atoms with Gasteiger partial charge in [0.1, 0.15) is 12.6 Å². The van der Waals surface area contributed by atoms with Crippen molar-refractivity contribution >= 4 is 23.8 Å². The number of benzene rings is 1. The first kappa shape index (κ1) is 26.9. The van der Waals surface area contributed by atoms with Gasteiger partial charge in [-0.05, 0) is 25.8 Å². The first-order chi connectivity index (χ1) is 13.6. The lowest BCUT2D eigenvalue weighted by atomic mass is 10.0. The monoisotopic (exact) mass is 435 g/mol. The molecule has 12 heteroatoms. The van der Waals surface area contributed by atoms with Gasteiger partial charge in [-0.15, -0.1) is 0 Å². The second-order valence-corrected chi connectivity index (χ2v) is 6.64. The maximum Gasteiger partial charge on any atom is 0.490 e. The summed E-state index contributed by atoms with van der Waals surface area (Å²) in [5.74, 6) is -4.47. The van der Waals surface area contributed by atoms with Crippen LogP contribution >= 0.6 is 0 Å². The van der Waals surface area contributed by atoms with E-state index in [1.807, 2.05) is 30.3 Å². The highest BCUT2D eigenvalue weighted by Gasteiger charge is 2.38. The smallest absolute Gasteiger partial charge is 0.475 e. The molecule has 30 heavy (non-hydrogen) atoms. The molecule has 1 aromatic carbocycles. The van der Waals surface area contributed by atoms with Gasteiger partial charge in [0.15, 0.2) is 0 Å². The number of nitrogens with two attached hydrogens (primary N) is 2. The molecule has 0 saturated heterocycles. The van der Waals surface area contributed by atoms with Crippen LogP contribution in [0.4, 0.5) is 13.2 Å². The number of carboxylic acids is 1. The van der Waals surface area contributed by atoms with Gasteiger partial charge in [0.05, 0.1) is 5.54 Å². The van der Waals surface area contributed by atoms with Crippen molar-refractivity contribution in [2.75, 3.05) is 0 Å². The molecule has 1 rings (SSSR count). The molecular weight excluding hydrogens is 411 g/mol. The average Bonchev–Trinajstić information content (AvgIpc) is 2.62. The maximum atomic E-state index is 11.8. The summed E-state index contributed by atoms with van der Waals surface area (Å²) in [5, 5.41) is 9.56. The lowest BCUT2D eigenvalue weighted by molar-refractivity contribution is -0.192. The van der Waals surface area contributed by atoms with Crippen LogP contribution in [0.1, 0.15) is 32.3 Å². The summed E-state index contributed by atoms with van der Waals surface area (Å²) in [7, 11) is 0. The molecule has 0 fully saturated rings. The van der Waals surface area contributed by atoms with Crippen LogP contribution in [-0.4, -0.2) is 46.6 Å². The molecule has 0 aliphatic heterocycles. The Balaban J connectivity index is 0.00000103. The first-order valence-corrected chi connectivity index (χ1v) is 8.53. The van der Waals surface area contributed by atoms with Crippen LogP contribution in [0.25, 0.3) is 0 Å². The SMILES string of the molecule is CC(C)(N)C(=O)N[C@H](CCC(=O)OCc1ccccc1)C(N)=O.O=C(O)C(F)(F)F. The number of hydrogen-bond acceptors (Lipinski definition) is 6. The number of nitrogens with one attached hydrogen (secondary N) is 1. The van der Waals surface area contributed by atoms with Gasteiger partial charge in [0.25, 0.3) is 0 Å². The third-order valence-electron chi connectivity index (χ3n) is 3.36. The normalized spacial score (nSPS) is 12.1. The summed E-state index contributed by atoms with van der Waals surface area (Å²) in [6.45, 7) is 3.17. The van der Waals surface area contributed by atoms with Crippen LogP contribution < -0.4 is 16.8 Å². The molecular formula is C18H24F3N3O6. The van der Waals surface area contributed by atoms with E-state index in [2.05, 4.69) is 5.32 Å². The number of carbonyl (C=O) groups excluding carboxylic acids is 3. The van der Waals surface area contributed by atoms with Crippen LogP contribution in [0.3, 0.4) is 0 Å². The zero-order valence-electron chi connectivity index (χ0n) is 16.4. The number of carboxylic acid groups (broad SMARTS) is 1. The first-order valence-electron chi connectivity index (χ1n) is 8.53. The number of hydrogen-bond donors (Lipinski definition) is 4. The van der Waals surface area contributed by atoms with Crippen LogP contribution in [0, 0.1) is 0 Å². The van der Waals surface area contributed by atoms with Crippen molar-refractivity contribution in [1.82, 2.24) is 5.32 Å². The predicted molar refractivity (Wildman–Crippen MR) is 98.6 cm³/mol. The summed E-state index contributed by atoms with van der Waals surface area (Å²) < 4.78 is 36.8. The van der Waals surface area contributed by atoms with Crippen LogP contribution in [0.5, 0.6) is 0 Å². The van der Waals surface area contributed by atoms with Crippen molar-refractivity contribution in [3.05, 3.63) is 35.9 Å². The van der Waals surface area contributed by atoms with Crippen molar-refractivity contribution in [1.29, 1.82) is 0 Å². The Hall–Kier alpha value is -3.15. The van der Waals surface area contributed by atoms with Gasteiger partial charge in [-0.2, -0.15) is 13.2 Å². The van der Waals surface area contributed by atoms with Gasteiger partial charge in [-0.1, -0.05) is 30.3 Å². The van der Waals surface area contributed by atoms with Crippen molar-refractivity contribution < 1.29 is 42.2 Å². The molecule has 168 valence electrons. The average molecular weight is 435 g/mol. The highest BCUT2D eigenvalue weighted by atomic mass is 19.4. The Morgan fingerprint density at radius 1 is 1.13 bits per heavy atom. The lowest BCUT2D eigenvalue weighted by Gasteiger charge is -2.22. The Labute approximate surface area is 170 Å². The van der Waals surface area contributed by atoms with Gasteiger partial charge in [-0.3, -0.25) is 14.4 Å². The quantitative estimate of drug-likeness (QED) is 0.440. The van der Waals surface area contributed by atoms with Crippen LogP contribution in [-0.2, 0) is 30.5 Å². The van der Waals surface area contributed by atoms with E-state index in [9.17, 15) is 27.6 Å². The van der Waals surface area contributed by atoms with E-state index >= 15 is 0 Å². The number of alkyl halides is 3. The fraction of sp³-hybridized carbons (Fsp3) is 0.444. The largest absolute Gasteiger partial charge is 0.490 e. The van der Waals surface area contributed by atoms with Crippen molar-refractivity contribution in [3.63, 3.8) is 0 Å². The molecule has 0 aliphatic carbocycles. The number of aliphatic carboxylic acids is 1. The van der Waals surface area contributed by atoms with E-state index < -0.39 is 41.5 Å². The molecule has 9 nitrogen and oxygen atoms in total. The summed E-state index contributed by atoms with van der Waals surface area (Å²) in [5.41, 5.74) is 10.6. The fourth-order valence-corrected chi connectivity index (χ4v) is 1.70. The molecule has 0 aromatic heterocycles. The van der Waals surface area contributed by atoms with Gasteiger partial charge in [-0.25, -0.2) is 4.79 Å². The van der Waals surface area contributed by atoms with Crippen molar-refractivity contribution in [2.24, 2.45) is 11.5 Å². The molecule has 0 unspecified atom stereocenters. The number of amides is 2. The fourth-order valence-electron chi connectivity index (χ4n) is 1.70. The minimum atomic E-state index is -5.08. The Bertz CT molecular complexity index is 733. The minimum Gasteiger partial charge on any atom is -0.475 e. The molecule has 0 heterocycles. The van der Waals surface area contributed by atoms with Gasteiger partial charge >= 0.3 is 18.1 Å². The molecule has 0 saturated carbocycles. The van der Waals surface area contributed by atoms with Gasteiger partial charge in [0, 0.05) is 6.42 Å². The number of rotatable bonds is 8. The predicted octanol–water partition coefficient (Wildman–Crippen LogP) is 0.851. The Kier molecular flexibility index (Phi) is 10.5. The number of ether oxygens (including phenoxy) is 1. The summed E-state index contributed by atoms with van der Waals surface area (Å²) in [4.78, 5) is 43.8. The number of carbonyl (C=O) groups is 4. The Morgan fingerprint density at radius 2 is 1.63 bits per heavy atom. The molecule has 0 aliphatic rings. The van der Waals surface area contributed by atoms with E-state index in [-0.39, 0.29) is 19.4 Å². The van der Waals surface area contributed by atoms with E-state index in [0.717, 1.165) is 5.56 Å². The zero-order valence-corrected chi connectivity index (χ0v) is 16.4. The third-order valence-corrected chi connectivity index (χ3v) is 3.36. The molecule has 0 bridgehead atoms. The van der Waals surface area contributed by atoms with Crippen molar-refractivity contribution in [3.8, 4) is 0 Å². The number of esters is 1. The second-order valence-electron chi connectivity index (χ2n) is 6.64. The van der Waals surface area contributed by atoms with Gasteiger partial charge < -0.3 is 26.6 Å². The standard InChI is InChI=1S/C16H23N3O4.C2HF3O2/c1-16(2,18)15(22)19-12(14(17)21)8-9-13(20)23-10-11-6-4-3-5-7-11;3-2(4,5)1(6)7/h3-7,12H,8-10,18H2,1-2H3,(H2,17,21)(H,19,22);(H,6,7)/t12-;/m1./s1. The highest BCUT2D eigenvalue weighted by Crippen LogP contribution is 2.13. The number of halogens is 3. The molecule has 0 spiro atoms. The van der Waals surface area contributed by atoms with E-state index in [1.54, 1.807) is 0 Å². The molecule has 0 radical (unpaired) electrons. The summed E-state index contributed by atoms with van der Waals surface area (Å²) in [6, 6.07) is 8.26. The molecule has 6 N–H and O–H groups in total. The summed E-state index contributed by atoms with van der Waals surface area (Å²) in [6.07, 6.45) is -5.06. The number of primary amides is 1. The van der Waals surface area contributed by atoms with Crippen LogP contribution in [0.2, 0.25) is 0 Å². The van der Waals surface area contributed by atoms with E-state index in [0.29, 0.717) is 0 Å². The summed E-state index contributed by atoms with van der Waals surface area (Å²) >= 11 is 0. The zero-order chi connectivity index (χ0) is 23.5. The topological polar surface area (TPSA) is 162 Å². The Morgan fingerprint density at radius 3 is 2.03 bits per heavy atom. The minimum absolute atomic E-state index is 0.0360. The second kappa shape index (κ2) is 11.8. The third kappa shape index (κ3) is 11.6. The highest BCUT2D eigenvalue weighted by molar-refractivity contribution is 5.91. The van der Waals surface area contributed by atoms with E-state index in [4.69, 9.17) is 26.1 Å². The maximum absolute atomic E-state index is 11.8. The van der Waals surface area contributed by atoms with Gasteiger partial charge in [0.2, 0.25) is 11.8 Å².